The minimum Gasteiger partial charge on any atom is -0.497 e. The number of carbonyl (C=O) groups is 1. The first-order chi connectivity index (χ1) is 13.8. The van der Waals surface area contributed by atoms with Crippen LogP contribution in [-0.2, 0) is 11.2 Å². The third-order valence-corrected chi connectivity index (χ3v) is 5.28. The van der Waals surface area contributed by atoms with E-state index in [0.29, 0.717) is 30.4 Å². The van der Waals surface area contributed by atoms with E-state index in [1.807, 2.05) is 49.1 Å². The van der Waals surface area contributed by atoms with Crippen molar-refractivity contribution in [1.82, 2.24) is 9.97 Å². The third-order valence-electron chi connectivity index (χ3n) is 5.28. The molecule has 1 aliphatic heterocycles. The van der Waals surface area contributed by atoms with E-state index in [0.717, 1.165) is 5.56 Å². The first kappa shape index (κ1) is 20.9. The lowest BCUT2D eigenvalue weighted by Crippen LogP contribution is -2.57. The van der Waals surface area contributed by atoms with Crippen LogP contribution >= 0.6 is 0 Å². The second-order valence-electron chi connectivity index (χ2n) is 7.78. The average Bonchev–Trinajstić information content (AvgIpc) is 2.69. The number of hydrogen-bond donors (Lipinski definition) is 3. The molecule has 2 heterocycles. The quantitative estimate of drug-likeness (QED) is 0.649. The molecule has 0 radical (unpaired) electrons. The highest BCUT2D eigenvalue weighted by atomic mass is 16.5. The van der Waals surface area contributed by atoms with Crippen molar-refractivity contribution in [1.29, 1.82) is 0 Å². The summed E-state index contributed by atoms with van der Waals surface area (Å²) in [5.41, 5.74) is -0.543. The maximum Gasteiger partial charge on any atom is 0.314 e. The monoisotopic (exact) mass is 400 g/mol. The molecule has 3 rings (SSSR count). The van der Waals surface area contributed by atoms with Crippen molar-refractivity contribution in [3.8, 4) is 5.75 Å². The highest BCUT2D eigenvalue weighted by Crippen LogP contribution is 2.37. The van der Waals surface area contributed by atoms with Crippen LogP contribution in [0, 0.1) is 5.41 Å². The molecule has 8 nitrogen and oxygen atoms in total. The Morgan fingerprint density at radius 2 is 2.17 bits per heavy atom. The lowest BCUT2D eigenvalue weighted by Gasteiger charge is -2.44. The molecule has 2 atom stereocenters. The van der Waals surface area contributed by atoms with Gasteiger partial charge in [0.2, 0.25) is 0 Å². The number of carboxylic acids is 1. The fraction of sp³-hybridized carbons (Fsp3) is 0.476. The number of aliphatic hydroxyl groups is 1. The molecule has 1 aliphatic rings. The van der Waals surface area contributed by atoms with Crippen molar-refractivity contribution in [2.24, 2.45) is 5.41 Å². The normalized spacial score (nSPS) is 21.8. The topological polar surface area (TPSA) is 108 Å². The molecule has 0 bridgehead atoms. The van der Waals surface area contributed by atoms with Crippen LogP contribution < -0.4 is 15.0 Å². The number of rotatable bonds is 7. The molecule has 1 aromatic carbocycles. The number of hydrogen-bond acceptors (Lipinski definition) is 7. The number of aliphatic hydroxyl groups excluding tert-OH is 1. The van der Waals surface area contributed by atoms with E-state index in [1.165, 1.54) is 6.33 Å². The minimum atomic E-state index is -1.35. The predicted octanol–water partition coefficient (Wildman–Crippen LogP) is 2.19. The largest absolute Gasteiger partial charge is 0.497 e. The van der Waals surface area contributed by atoms with Gasteiger partial charge in [-0.05, 0) is 44.4 Å². The summed E-state index contributed by atoms with van der Waals surface area (Å²) in [6.45, 7) is 4.70. The van der Waals surface area contributed by atoms with E-state index in [1.54, 1.807) is 7.11 Å². The Morgan fingerprint density at radius 1 is 1.38 bits per heavy atom. The molecule has 156 valence electrons. The third kappa shape index (κ3) is 4.59. The van der Waals surface area contributed by atoms with Crippen LogP contribution in [0.2, 0.25) is 0 Å². The molecule has 2 aromatic rings. The molecule has 0 spiro atoms. The Hall–Kier alpha value is -2.87. The Balaban J connectivity index is 1.90. The summed E-state index contributed by atoms with van der Waals surface area (Å²) >= 11 is 0. The fourth-order valence-electron chi connectivity index (χ4n) is 3.78. The predicted molar refractivity (Wildman–Crippen MR) is 110 cm³/mol. The Bertz CT molecular complexity index is 860. The SMILES string of the molecule is COc1cccc(C[C@@]2(C(=O)O)CN(c3cc(NC(C)C)ncn3)CC[C@@H]2O)c1. The van der Waals surface area contributed by atoms with Gasteiger partial charge in [0.1, 0.15) is 29.1 Å². The first-order valence-corrected chi connectivity index (χ1v) is 9.72. The number of anilines is 2. The maximum absolute atomic E-state index is 12.4. The van der Waals surface area contributed by atoms with Crippen LogP contribution in [0.25, 0.3) is 0 Å². The molecule has 3 N–H and O–H groups in total. The standard InChI is InChI=1S/C21H28N4O4/c1-14(2)24-18-10-19(23-13-22-18)25-8-7-17(26)21(12-25,20(27)28)11-15-5-4-6-16(9-15)29-3/h4-6,9-10,13-14,17,26H,7-8,11-12H2,1-3H3,(H,27,28)(H,22,23,24)/t17-,21+/m0/s1. The summed E-state index contributed by atoms with van der Waals surface area (Å²) in [4.78, 5) is 22.8. The summed E-state index contributed by atoms with van der Waals surface area (Å²) in [5, 5.41) is 24.1. The van der Waals surface area contributed by atoms with Crippen molar-refractivity contribution in [3.63, 3.8) is 0 Å². The number of piperidine rings is 1. The van der Waals surface area contributed by atoms with Crippen LogP contribution in [0.3, 0.4) is 0 Å². The van der Waals surface area contributed by atoms with Crippen LogP contribution in [-0.4, -0.2) is 58.5 Å². The summed E-state index contributed by atoms with van der Waals surface area (Å²) in [6, 6.07) is 9.33. The summed E-state index contributed by atoms with van der Waals surface area (Å²) in [7, 11) is 1.57. The zero-order chi connectivity index (χ0) is 21.0. The molecule has 29 heavy (non-hydrogen) atoms. The molecular formula is C21H28N4O4. The van der Waals surface area contributed by atoms with E-state index in [-0.39, 0.29) is 19.0 Å². The van der Waals surface area contributed by atoms with Gasteiger partial charge in [0, 0.05) is 25.2 Å². The lowest BCUT2D eigenvalue weighted by atomic mass is 9.73. The van der Waals surface area contributed by atoms with E-state index in [2.05, 4.69) is 15.3 Å². The molecule has 1 fully saturated rings. The van der Waals surface area contributed by atoms with Crippen molar-refractivity contribution < 1.29 is 19.7 Å². The molecule has 1 aromatic heterocycles. The molecule has 1 saturated heterocycles. The number of ether oxygens (including phenoxy) is 1. The van der Waals surface area contributed by atoms with Crippen LogP contribution in [0.1, 0.15) is 25.8 Å². The zero-order valence-corrected chi connectivity index (χ0v) is 17.0. The molecule has 0 saturated carbocycles. The van der Waals surface area contributed by atoms with Gasteiger partial charge in [-0.25, -0.2) is 9.97 Å². The number of aliphatic carboxylic acids is 1. The highest BCUT2D eigenvalue weighted by molar-refractivity contribution is 5.77. The van der Waals surface area contributed by atoms with Gasteiger partial charge in [-0.3, -0.25) is 4.79 Å². The molecule has 0 aliphatic carbocycles. The molecule has 0 amide bonds. The summed E-state index contributed by atoms with van der Waals surface area (Å²) in [5.74, 6) is 0.966. The van der Waals surface area contributed by atoms with E-state index in [9.17, 15) is 15.0 Å². The summed E-state index contributed by atoms with van der Waals surface area (Å²) in [6.07, 6.45) is 1.04. The zero-order valence-electron chi connectivity index (χ0n) is 17.0. The second kappa shape index (κ2) is 8.65. The molecule has 8 heteroatoms. The van der Waals surface area contributed by atoms with Gasteiger partial charge >= 0.3 is 5.97 Å². The van der Waals surface area contributed by atoms with Crippen molar-refractivity contribution >= 4 is 17.6 Å². The Morgan fingerprint density at radius 3 is 2.86 bits per heavy atom. The van der Waals surface area contributed by atoms with E-state index >= 15 is 0 Å². The fourth-order valence-corrected chi connectivity index (χ4v) is 3.78. The van der Waals surface area contributed by atoms with Crippen LogP contribution in [0.5, 0.6) is 5.75 Å². The maximum atomic E-state index is 12.4. The number of nitrogens with one attached hydrogen (secondary N) is 1. The lowest BCUT2D eigenvalue weighted by molar-refractivity contribution is -0.157. The highest BCUT2D eigenvalue weighted by Gasteiger charge is 2.49. The minimum absolute atomic E-state index is 0.152. The number of benzene rings is 1. The number of methoxy groups -OCH3 is 1. The Labute approximate surface area is 170 Å². The van der Waals surface area contributed by atoms with Gasteiger partial charge in [0.15, 0.2) is 0 Å². The van der Waals surface area contributed by atoms with Gasteiger partial charge in [-0.1, -0.05) is 12.1 Å². The van der Waals surface area contributed by atoms with Crippen LogP contribution in [0.15, 0.2) is 36.7 Å². The molecular weight excluding hydrogens is 372 g/mol. The summed E-state index contributed by atoms with van der Waals surface area (Å²) < 4.78 is 5.26. The van der Waals surface area contributed by atoms with Gasteiger partial charge in [0.05, 0.1) is 13.2 Å². The Kier molecular flexibility index (Phi) is 6.22. The van der Waals surface area contributed by atoms with Gasteiger partial charge in [-0.15, -0.1) is 0 Å². The van der Waals surface area contributed by atoms with Crippen LogP contribution in [0.4, 0.5) is 11.6 Å². The number of carboxylic acid groups (broad SMARTS) is 1. The van der Waals surface area contributed by atoms with Gasteiger partial charge < -0.3 is 25.2 Å². The van der Waals surface area contributed by atoms with Crippen molar-refractivity contribution in [2.45, 2.75) is 38.8 Å². The second-order valence-corrected chi connectivity index (χ2v) is 7.78. The molecule has 0 unspecified atom stereocenters. The average molecular weight is 400 g/mol. The van der Waals surface area contributed by atoms with Crippen molar-refractivity contribution in [2.75, 3.05) is 30.4 Å². The van der Waals surface area contributed by atoms with Crippen molar-refractivity contribution in [3.05, 3.63) is 42.2 Å². The van der Waals surface area contributed by atoms with E-state index < -0.39 is 17.5 Å². The first-order valence-electron chi connectivity index (χ1n) is 9.72. The van der Waals surface area contributed by atoms with Gasteiger partial charge in [-0.2, -0.15) is 0 Å². The number of aromatic nitrogens is 2. The number of nitrogens with zero attached hydrogens (tertiary/aromatic N) is 3. The van der Waals surface area contributed by atoms with E-state index in [4.69, 9.17) is 4.74 Å². The smallest absolute Gasteiger partial charge is 0.314 e. The van der Waals surface area contributed by atoms with Gasteiger partial charge in [0.25, 0.3) is 0 Å².